The first-order valence-corrected chi connectivity index (χ1v) is 6.61. The monoisotopic (exact) mass is 266 g/mol. The van der Waals surface area contributed by atoms with Gasteiger partial charge in [-0.1, -0.05) is 18.2 Å². The quantitative estimate of drug-likeness (QED) is 0.743. The number of anilines is 3. The Morgan fingerprint density at radius 2 is 2.15 bits per heavy atom. The number of fused-ring (bicyclic) bond motifs is 2. The highest BCUT2D eigenvalue weighted by molar-refractivity contribution is 5.88. The molecule has 0 saturated heterocycles. The minimum atomic E-state index is 0.587. The molecule has 0 radical (unpaired) electrons. The van der Waals surface area contributed by atoms with Gasteiger partial charge in [0.25, 0.3) is 0 Å². The molecular formula is C14H14N6. The Hall–Kier alpha value is -2.63. The molecule has 1 aliphatic heterocycles. The summed E-state index contributed by atoms with van der Waals surface area (Å²) >= 11 is 0. The van der Waals surface area contributed by atoms with Crippen molar-refractivity contribution in [2.24, 2.45) is 0 Å². The molecular weight excluding hydrogens is 252 g/mol. The number of hydrogen-bond acceptors (Lipinski definition) is 5. The third-order valence-corrected chi connectivity index (χ3v) is 3.63. The second-order valence-electron chi connectivity index (χ2n) is 4.75. The summed E-state index contributed by atoms with van der Waals surface area (Å²) in [6.45, 7) is 0.924. The maximum Gasteiger partial charge on any atom is 0.226 e. The first-order chi connectivity index (χ1) is 9.86. The fourth-order valence-electron chi connectivity index (χ4n) is 2.68. The molecule has 3 aromatic rings. The van der Waals surface area contributed by atoms with Crippen LogP contribution in [0.2, 0.25) is 0 Å². The molecule has 0 amide bonds. The summed E-state index contributed by atoms with van der Waals surface area (Å²) in [4.78, 5) is 18.6. The Morgan fingerprint density at radius 3 is 3.05 bits per heavy atom. The first kappa shape index (κ1) is 11.2. The average Bonchev–Trinajstić information content (AvgIpc) is 3.12. The molecule has 6 nitrogen and oxygen atoms in total. The van der Waals surface area contributed by atoms with Crippen LogP contribution in [0.15, 0.2) is 30.6 Å². The number of hydrogen-bond donors (Lipinski definition) is 2. The van der Waals surface area contributed by atoms with Crippen LogP contribution < -0.4 is 10.2 Å². The van der Waals surface area contributed by atoms with E-state index in [9.17, 15) is 0 Å². The van der Waals surface area contributed by atoms with Crippen LogP contribution in [-0.2, 0) is 6.42 Å². The number of rotatable bonds is 2. The molecule has 0 unspecified atom stereocenters. The highest BCUT2D eigenvalue weighted by Crippen LogP contribution is 2.36. The molecule has 0 saturated carbocycles. The third kappa shape index (κ3) is 1.54. The molecule has 0 fully saturated rings. The highest BCUT2D eigenvalue weighted by Gasteiger charge is 2.24. The summed E-state index contributed by atoms with van der Waals surface area (Å²) in [5.41, 5.74) is 4.12. The van der Waals surface area contributed by atoms with E-state index in [0.29, 0.717) is 11.6 Å². The van der Waals surface area contributed by atoms with E-state index in [2.05, 4.69) is 54.4 Å². The minimum Gasteiger partial charge on any atom is -0.357 e. The van der Waals surface area contributed by atoms with E-state index in [0.717, 1.165) is 24.3 Å². The van der Waals surface area contributed by atoms with E-state index < -0.39 is 0 Å². The van der Waals surface area contributed by atoms with Crippen molar-refractivity contribution in [3.8, 4) is 0 Å². The van der Waals surface area contributed by atoms with Gasteiger partial charge in [-0.25, -0.2) is 4.98 Å². The average molecular weight is 266 g/mol. The zero-order valence-corrected chi connectivity index (χ0v) is 11.1. The fourth-order valence-corrected chi connectivity index (χ4v) is 2.68. The summed E-state index contributed by atoms with van der Waals surface area (Å²) in [6.07, 6.45) is 2.69. The smallest absolute Gasteiger partial charge is 0.226 e. The Kier molecular flexibility index (Phi) is 2.35. The molecule has 1 aliphatic rings. The van der Waals surface area contributed by atoms with Crippen molar-refractivity contribution in [1.82, 2.24) is 19.9 Å². The van der Waals surface area contributed by atoms with Gasteiger partial charge in [-0.2, -0.15) is 9.97 Å². The van der Waals surface area contributed by atoms with Gasteiger partial charge in [-0.3, -0.25) is 0 Å². The van der Waals surface area contributed by atoms with Gasteiger partial charge in [0, 0.05) is 19.3 Å². The summed E-state index contributed by atoms with van der Waals surface area (Å²) in [6, 6.07) is 8.43. The number of nitrogens with one attached hydrogen (secondary N) is 2. The van der Waals surface area contributed by atoms with Crippen LogP contribution in [0.1, 0.15) is 5.56 Å². The molecule has 2 N–H and O–H groups in total. The molecule has 0 bridgehead atoms. The predicted octanol–water partition coefficient (Wildman–Crippen LogP) is 2.09. The lowest BCUT2D eigenvalue weighted by molar-refractivity contribution is 0.973. The van der Waals surface area contributed by atoms with Gasteiger partial charge < -0.3 is 15.2 Å². The number of benzene rings is 1. The van der Waals surface area contributed by atoms with Crippen molar-refractivity contribution in [3.63, 3.8) is 0 Å². The second-order valence-corrected chi connectivity index (χ2v) is 4.75. The van der Waals surface area contributed by atoms with Gasteiger partial charge in [0.05, 0.1) is 6.33 Å². The van der Waals surface area contributed by atoms with E-state index in [1.807, 2.05) is 7.05 Å². The Balaban J connectivity index is 1.93. The standard InChI is InChI=1S/C14H14N6/c1-15-14-18-12-11(16-8-17-12)13(19-14)20-7-6-9-4-2-3-5-10(9)20/h2-5,8H,6-7H2,1H3,(H2,15,16,17,18,19). The maximum atomic E-state index is 4.60. The van der Waals surface area contributed by atoms with Gasteiger partial charge >= 0.3 is 0 Å². The van der Waals surface area contributed by atoms with Crippen LogP contribution in [-0.4, -0.2) is 33.5 Å². The Morgan fingerprint density at radius 1 is 1.25 bits per heavy atom. The number of nitrogens with zero attached hydrogens (tertiary/aromatic N) is 4. The molecule has 0 aliphatic carbocycles. The van der Waals surface area contributed by atoms with E-state index >= 15 is 0 Å². The third-order valence-electron chi connectivity index (χ3n) is 3.63. The molecule has 20 heavy (non-hydrogen) atoms. The van der Waals surface area contributed by atoms with Crippen molar-refractivity contribution in [2.75, 3.05) is 23.8 Å². The molecule has 1 aromatic carbocycles. The van der Waals surface area contributed by atoms with Crippen LogP contribution in [0.4, 0.5) is 17.5 Å². The summed E-state index contributed by atoms with van der Waals surface area (Å²) in [7, 11) is 1.82. The lowest BCUT2D eigenvalue weighted by Gasteiger charge is -2.19. The first-order valence-electron chi connectivity index (χ1n) is 6.61. The largest absolute Gasteiger partial charge is 0.357 e. The van der Waals surface area contributed by atoms with E-state index in [1.165, 1.54) is 11.3 Å². The normalized spacial score (nSPS) is 13.8. The van der Waals surface area contributed by atoms with Gasteiger partial charge in [-0.15, -0.1) is 0 Å². The van der Waals surface area contributed by atoms with Crippen LogP contribution >= 0.6 is 0 Å². The zero-order chi connectivity index (χ0) is 13.5. The lowest BCUT2D eigenvalue weighted by Crippen LogP contribution is -2.16. The highest BCUT2D eigenvalue weighted by atomic mass is 15.3. The topological polar surface area (TPSA) is 69.7 Å². The van der Waals surface area contributed by atoms with E-state index in [1.54, 1.807) is 6.33 Å². The molecule has 6 heteroatoms. The Labute approximate surface area is 115 Å². The van der Waals surface area contributed by atoms with Crippen molar-refractivity contribution < 1.29 is 0 Å². The Bertz CT molecular complexity index is 778. The van der Waals surface area contributed by atoms with Crippen molar-refractivity contribution in [3.05, 3.63) is 36.2 Å². The van der Waals surface area contributed by atoms with Crippen LogP contribution in [0.5, 0.6) is 0 Å². The maximum absolute atomic E-state index is 4.60. The van der Waals surface area contributed by atoms with Gasteiger partial charge in [0.15, 0.2) is 11.5 Å². The molecule has 0 atom stereocenters. The fraction of sp³-hybridized carbons (Fsp3) is 0.214. The van der Waals surface area contributed by atoms with Crippen LogP contribution in [0.3, 0.4) is 0 Å². The number of imidazole rings is 1. The van der Waals surface area contributed by atoms with Gasteiger partial charge in [-0.05, 0) is 18.1 Å². The number of aromatic nitrogens is 4. The zero-order valence-electron chi connectivity index (χ0n) is 11.1. The SMILES string of the molecule is CNc1nc(N2CCc3ccccc32)c2[nH]cnc2n1. The van der Waals surface area contributed by atoms with Gasteiger partial charge in [0.1, 0.15) is 5.52 Å². The molecule has 100 valence electrons. The molecule has 3 heterocycles. The van der Waals surface area contributed by atoms with Gasteiger partial charge in [0.2, 0.25) is 5.95 Å². The number of para-hydroxylation sites is 1. The second kappa shape index (κ2) is 4.19. The van der Waals surface area contributed by atoms with Crippen LogP contribution in [0, 0.1) is 0 Å². The minimum absolute atomic E-state index is 0.587. The number of H-pyrrole nitrogens is 1. The predicted molar refractivity (Wildman–Crippen MR) is 78.4 cm³/mol. The molecule has 2 aromatic heterocycles. The van der Waals surface area contributed by atoms with Crippen LogP contribution in [0.25, 0.3) is 11.2 Å². The van der Waals surface area contributed by atoms with Crippen molar-refractivity contribution >= 4 is 28.6 Å². The summed E-state index contributed by atoms with van der Waals surface area (Å²) in [5, 5.41) is 2.99. The molecule has 4 rings (SSSR count). The van der Waals surface area contributed by atoms with Crippen molar-refractivity contribution in [1.29, 1.82) is 0 Å². The summed E-state index contributed by atoms with van der Waals surface area (Å²) in [5.74, 6) is 1.46. The number of aromatic amines is 1. The van der Waals surface area contributed by atoms with Crippen molar-refractivity contribution in [2.45, 2.75) is 6.42 Å². The van der Waals surface area contributed by atoms with E-state index in [4.69, 9.17) is 0 Å². The summed E-state index contributed by atoms with van der Waals surface area (Å²) < 4.78 is 0. The van der Waals surface area contributed by atoms with E-state index in [-0.39, 0.29) is 0 Å². The lowest BCUT2D eigenvalue weighted by atomic mass is 10.2. The molecule has 0 spiro atoms.